The fraction of sp³-hybridized carbons (Fsp3) is 0.0714. The van der Waals surface area contributed by atoms with Gasteiger partial charge in [-0.3, -0.25) is 0 Å². The second-order valence-corrected chi connectivity index (χ2v) is 5.06. The normalized spacial score (nSPS) is 10.8. The fourth-order valence-electron chi connectivity index (χ4n) is 1.97. The van der Waals surface area contributed by atoms with Gasteiger partial charge in [0.2, 0.25) is 0 Å². The van der Waals surface area contributed by atoms with Gasteiger partial charge in [0.15, 0.2) is 11.3 Å². The van der Waals surface area contributed by atoms with Gasteiger partial charge in [-0.05, 0) is 18.2 Å². The van der Waals surface area contributed by atoms with Crippen molar-refractivity contribution in [1.29, 1.82) is 0 Å². The van der Waals surface area contributed by atoms with E-state index < -0.39 is 5.97 Å². The zero-order valence-electron chi connectivity index (χ0n) is 10.9. The number of carbonyl (C=O) groups excluding carboxylic acids is 1. The van der Waals surface area contributed by atoms with Crippen molar-refractivity contribution >= 4 is 34.8 Å². The summed E-state index contributed by atoms with van der Waals surface area (Å²) < 4.78 is 6.20. The predicted octanol–water partition coefficient (Wildman–Crippen LogP) is 3.49. The number of methoxy groups -OCH3 is 1. The molecule has 2 aromatic heterocycles. The average molecular weight is 322 g/mol. The summed E-state index contributed by atoms with van der Waals surface area (Å²) in [6.07, 6.45) is 1.56. The molecular weight excluding hydrogens is 313 g/mol. The molecule has 106 valence electrons. The Kier molecular flexibility index (Phi) is 3.53. The lowest BCUT2D eigenvalue weighted by molar-refractivity contribution is 0.0590. The van der Waals surface area contributed by atoms with Gasteiger partial charge in [-0.2, -0.15) is 5.10 Å². The van der Waals surface area contributed by atoms with Gasteiger partial charge >= 0.3 is 5.97 Å². The molecule has 21 heavy (non-hydrogen) atoms. The molecule has 0 fully saturated rings. The lowest BCUT2D eigenvalue weighted by Gasteiger charge is -2.07. The van der Waals surface area contributed by atoms with Crippen LogP contribution in [0.15, 0.2) is 36.5 Å². The van der Waals surface area contributed by atoms with Crippen LogP contribution in [0, 0.1) is 0 Å². The van der Waals surface area contributed by atoms with Gasteiger partial charge in [0.1, 0.15) is 0 Å². The van der Waals surface area contributed by atoms with Crippen molar-refractivity contribution in [2.24, 2.45) is 0 Å². The van der Waals surface area contributed by atoms with E-state index in [1.54, 1.807) is 36.5 Å². The summed E-state index contributed by atoms with van der Waals surface area (Å²) in [6.45, 7) is 0. The SMILES string of the molecule is COC(=O)c1cc(-c2ccc(Cl)c(Cl)c2)nc2ccnn12. The molecule has 0 saturated heterocycles. The Hall–Kier alpha value is -2.11. The highest BCUT2D eigenvalue weighted by Crippen LogP contribution is 2.28. The molecule has 0 atom stereocenters. The van der Waals surface area contributed by atoms with E-state index in [1.165, 1.54) is 11.6 Å². The molecule has 0 amide bonds. The van der Waals surface area contributed by atoms with E-state index in [1.807, 2.05) is 0 Å². The Labute approximate surface area is 130 Å². The van der Waals surface area contributed by atoms with Gasteiger partial charge in [-0.25, -0.2) is 14.3 Å². The first-order valence-corrected chi connectivity index (χ1v) is 6.74. The summed E-state index contributed by atoms with van der Waals surface area (Å²) in [5.41, 5.74) is 2.16. The van der Waals surface area contributed by atoms with Crippen LogP contribution in [0.25, 0.3) is 16.9 Å². The smallest absolute Gasteiger partial charge is 0.356 e. The van der Waals surface area contributed by atoms with Crippen LogP contribution in [0.4, 0.5) is 0 Å². The molecule has 3 rings (SSSR count). The lowest BCUT2D eigenvalue weighted by atomic mass is 10.1. The van der Waals surface area contributed by atoms with Crippen molar-refractivity contribution < 1.29 is 9.53 Å². The van der Waals surface area contributed by atoms with Crippen molar-refractivity contribution in [3.63, 3.8) is 0 Å². The van der Waals surface area contributed by atoms with Crippen LogP contribution >= 0.6 is 23.2 Å². The molecule has 0 spiro atoms. The molecule has 2 heterocycles. The Balaban J connectivity index is 2.23. The van der Waals surface area contributed by atoms with E-state index in [-0.39, 0.29) is 5.69 Å². The van der Waals surface area contributed by atoms with E-state index >= 15 is 0 Å². The molecule has 0 aliphatic heterocycles. The highest BCUT2D eigenvalue weighted by molar-refractivity contribution is 6.42. The van der Waals surface area contributed by atoms with Crippen LogP contribution in [0.2, 0.25) is 10.0 Å². The van der Waals surface area contributed by atoms with E-state index in [2.05, 4.69) is 10.1 Å². The van der Waals surface area contributed by atoms with Gasteiger partial charge < -0.3 is 4.74 Å². The summed E-state index contributed by atoms with van der Waals surface area (Å²) in [6, 6.07) is 8.46. The summed E-state index contributed by atoms with van der Waals surface area (Å²) in [5, 5.41) is 4.94. The number of carbonyl (C=O) groups is 1. The third-order valence-electron chi connectivity index (χ3n) is 2.97. The van der Waals surface area contributed by atoms with E-state index in [9.17, 15) is 4.79 Å². The number of rotatable bonds is 2. The Morgan fingerprint density at radius 3 is 2.71 bits per heavy atom. The maximum Gasteiger partial charge on any atom is 0.356 e. The Morgan fingerprint density at radius 2 is 2.00 bits per heavy atom. The number of esters is 1. The zero-order valence-corrected chi connectivity index (χ0v) is 12.4. The number of hydrogen-bond donors (Lipinski definition) is 0. The van der Waals surface area contributed by atoms with E-state index in [0.29, 0.717) is 21.4 Å². The fourth-order valence-corrected chi connectivity index (χ4v) is 2.26. The van der Waals surface area contributed by atoms with Crippen LogP contribution in [0.3, 0.4) is 0 Å². The van der Waals surface area contributed by atoms with Crippen molar-refractivity contribution in [1.82, 2.24) is 14.6 Å². The topological polar surface area (TPSA) is 56.5 Å². The first-order chi connectivity index (χ1) is 10.1. The third-order valence-corrected chi connectivity index (χ3v) is 3.71. The minimum atomic E-state index is -0.493. The minimum Gasteiger partial charge on any atom is -0.464 e. The van der Waals surface area contributed by atoms with Gasteiger partial charge in [0.05, 0.1) is 29.0 Å². The number of hydrogen-bond acceptors (Lipinski definition) is 4. The molecule has 1 aromatic carbocycles. The van der Waals surface area contributed by atoms with Crippen molar-refractivity contribution in [3.8, 4) is 11.3 Å². The third kappa shape index (κ3) is 2.46. The van der Waals surface area contributed by atoms with E-state index in [0.717, 1.165) is 5.56 Å². The van der Waals surface area contributed by atoms with Crippen molar-refractivity contribution in [3.05, 3.63) is 52.3 Å². The second kappa shape index (κ2) is 5.35. The molecule has 0 saturated carbocycles. The average Bonchev–Trinajstić information content (AvgIpc) is 2.96. The zero-order chi connectivity index (χ0) is 15.0. The molecule has 0 unspecified atom stereocenters. The number of benzene rings is 1. The quantitative estimate of drug-likeness (QED) is 0.678. The predicted molar refractivity (Wildman–Crippen MR) is 79.8 cm³/mol. The van der Waals surface area contributed by atoms with Gasteiger partial charge in [-0.1, -0.05) is 29.3 Å². The number of aromatic nitrogens is 3. The minimum absolute atomic E-state index is 0.286. The van der Waals surface area contributed by atoms with Crippen molar-refractivity contribution in [2.45, 2.75) is 0 Å². The molecule has 0 bridgehead atoms. The molecule has 7 heteroatoms. The van der Waals surface area contributed by atoms with Gasteiger partial charge in [0, 0.05) is 11.6 Å². The summed E-state index contributed by atoms with van der Waals surface area (Å²) in [7, 11) is 1.32. The standard InChI is InChI=1S/C14H9Cl2N3O2/c1-21-14(20)12-7-11(18-13-4-5-17-19(12)13)8-2-3-9(15)10(16)6-8/h2-7H,1H3. The largest absolute Gasteiger partial charge is 0.464 e. The van der Waals surface area contributed by atoms with Crippen LogP contribution < -0.4 is 0 Å². The maximum atomic E-state index is 11.9. The first-order valence-electron chi connectivity index (χ1n) is 5.98. The molecule has 0 radical (unpaired) electrons. The van der Waals surface area contributed by atoms with Crippen LogP contribution in [0.5, 0.6) is 0 Å². The monoisotopic (exact) mass is 321 g/mol. The van der Waals surface area contributed by atoms with Crippen LogP contribution in [-0.4, -0.2) is 27.7 Å². The van der Waals surface area contributed by atoms with Crippen LogP contribution in [0.1, 0.15) is 10.5 Å². The highest BCUT2D eigenvalue weighted by Gasteiger charge is 2.15. The molecule has 0 aliphatic rings. The lowest BCUT2D eigenvalue weighted by Crippen LogP contribution is -2.10. The number of ether oxygens (including phenoxy) is 1. The summed E-state index contributed by atoms with van der Waals surface area (Å²) >= 11 is 11.9. The van der Waals surface area contributed by atoms with Crippen molar-refractivity contribution in [2.75, 3.05) is 7.11 Å². The molecule has 5 nitrogen and oxygen atoms in total. The molecular formula is C14H9Cl2N3O2. The molecule has 0 aliphatic carbocycles. The summed E-state index contributed by atoms with van der Waals surface area (Å²) in [5.74, 6) is -0.493. The first kappa shape index (κ1) is 13.9. The second-order valence-electron chi connectivity index (χ2n) is 4.25. The van der Waals surface area contributed by atoms with E-state index in [4.69, 9.17) is 27.9 Å². The molecule has 3 aromatic rings. The van der Waals surface area contributed by atoms with Gasteiger partial charge in [-0.15, -0.1) is 0 Å². The molecule has 0 N–H and O–H groups in total. The number of halogens is 2. The Morgan fingerprint density at radius 1 is 1.19 bits per heavy atom. The Bertz CT molecular complexity index is 845. The number of nitrogens with zero attached hydrogens (tertiary/aromatic N) is 3. The van der Waals surface area contributed by atoms with Crippen LogP contribution in [-0.2, 0) is 4.74 Å². The van der Waals surface area contributed by atoms with Gasteiger partial charge in [0.25, 0.3) is 0 Å². The highest BCUT2D eigenvalue weighted by atomic mass is 35.5. The maximum absolute atomic E-state index is 11.9. The summed E-state index contributed by atoms with van der Waals surface area (Å²) in [4.78, 5) is 16.3. The number of fused-ring (bicyclic) bond motifs is 1.